The lowest BCUT2D eigenvalue weighted by Crippen LogP contribution is -2.08. The third kappa shape index (κ3) is 3.16. The second kappa shape index (κ2) is 6.40. The number of hydrogen-bond acceptors (Lipinski definition) is 2. The van der Waals surface area contributed by atoms with Gasteiger partial charge in [0.15, 0.2) is 0 Å². The molecule has 0 radical (unpaired) electrons. The van der Waals surface area contributed by atoms with Gasteiger partial charge in [-0.3, -0.25) is 0 Å². The van der Waals surface area contributed by atoms with E-state index in [4.69, 9.17) is 16.3 Å². The van der Waals surface area contributed by atoms with E-state index in [2.05, 4.69) is 23.5 Å². The highest BCUT2D eigenvalue weighted by Gasteiger charge is 2.12. The third-order valence-electron chi connectivity index (χ3n) is 4.10. The van der Waals surface area contributed by atoms with E-state index < -0.39 is 0 Å². The molecule has 2 nitrogen and oxygen atoms in total. The number of methoxy groups -OCH3 is 1. The SMILES string of the molecule is COc1ccc(CNc2cccc3c2CCCC3)cc1Cl. The standard InChI is InChI=1S/C18H20ClNO/c1-21-18-10-9-13(11-16(18)19)12-20-17-8-4-6-14-5-2-3-7-15(14)17/h4,6,8-11,20H,2-3,5,7,12H2,1H3. The number of nitrogens with one attached hydrogen (secondary N) is 1. The summed E-state index contributed by atoms with van der Waals surface area (Å²) in [7, 11) is 1.63. The Kier molecular flexibility index (Phi) is 4.35. The lowest BCUT2D eigenvalue weighted by atomic mass is 9.90. The van der Waals surface area contributed by atoms with Crippen LogP contribution in [0.15, 0.2) is 36.4 Å². The van der Waals surface area contributed by atoms with Crippen molar-refractivity contribution in [1.82, 2.24) is 0 Å². The Morgan fingerprint density at radius 3 is 2.81 bits per heavy atom. The van der Waals surface area contributed by atoms with Gasteiger partial charge in [0.1, 0.15) is 5.75 Å². The lowest BCUT2D eigenvalue weighted by molar-refractivity contribution is 0.415. The van der Waals surface area contributed by atoms with Crippen molar-refractivity contribution in [2.75, 3.05) is 12.4 Å². The average Bonchev–Trinajstić information content (AvgIpc) is 2.53. The van der Waals surface area contributed by atoms with E-state index >= 15 is 0 Å². The van der Waals surface area contributed by atoms with Crippen LogP contribution in [-0.4, -0.2) is 7.11 Å². The predicted octanol–water partition coefficient (Wildman–Crippen LogP) is 4.84. The molecule has 3 rings (SSSR count). The summed E-state index contributed by atoms with van der Waals surface area (Å²) in [5.41, 5.74) is 5.41. The maximum atomic E-state index is 6.17. The molecule has 2 aromatic carbocycles. The number of benzene rings is 2. The summed E-state index contributed by atoms with van der Waals surface area (Å²) in [4.78, 5) is 0. The Morgan fingerprint density at radius 1 is 1.14 bits per heavy atom. The summed E-state index contributed by atoms with van der Waals surface area (Å²) in [5.74, 6) is 0.720. The van der Waals surface area contributed by atoms with Gasteiger partial charge in [-0.25, -0.2) is 0 Å². The first kappa shape index (κ1) is 14.3. The maximum absolute atomic E-state index is 6.17. The molecule has 0 amide bonds. The fourth-order valence-electron chi connectivity index (χ4n) is 2.96. The van der Waals surface area contributed by atoms with Gasteiger partial charge in [-0.1, -0.05) is 29.8 Å². The van der Waals surface area contributed by atoms with E-state index in [-0.39, 0.29) is 0 Å². The quantitative estimate of drug-likeness (QED) is 0.872. The minimum absolute atomic E-state index is 0.659. The van der Waals surface area contributed by atoms with Crippen LogP contribution >= 0.6 is 11.6 Å². The molecule has 0 aromatic heterocycles. The van der Waals surface area contributed by atoms with Crippen LogP contribution < -0.4 is 10.1 Å². The van der Waals surface area contributed by atoms with E-state index in [0.29, 0.717) is 5.02 Å². The highest BCUT2D eigenvalue weighted by molar-refractivity contribution is 6.32. The van der Waals surface area contributed by atoms with Gasteiger partial charge >= 0.3 is 0 Å². The van der Waals surface area contributed by atoms with Crippen molar-refractivity contribution in [3.05, 3.63) is 58.1 Å². The molecule has 0 heterocycles. The number of aryl methyl sites for hydroxylation is 1. The van der Waals surface area contributed by atoms with Crippen molar-refractivity contribution in [2.24, 2.45) is 0 Å². The monoisotopic (exact) mass is 301 g/mol. The molecule has 0 bridgehead atoms. The van der Waals surface area contributed by atoms with Crippen molar-refractivity contribution in [3.63, 3.8) is 0 Å². The van der Waals surface area contributed by atoms with Crippen LogP contribution in [0.25, 0.3) is 0 Å². The molecule has 0 saturated heterocycles. The fraction of sp³-hybridized carbons (Fsp3) is 0.333. The Morgan fingerprint density at radius 2 is 2.00 bits per heavy atom. The first-order valence-electron chi connectivity index (χ1n) is 7.45. The van der Waals surface area contributed by atoms with Crippen molar-refractivity contribution >= 4 is 17.3 Å². The van der Waals surface area contributed by atoms with E-state index in [0.717, 1.165) is 17.9 Å². The molecule has 2 aromatic rings. The molecule has 0 unspecified atom stereocenters. The smallest absolute Gasteiger partial charge is 0.137 e. The number of fused-ring (bicyclic) bond motifs is 1. The van der Waals surface area contributed by atoms with Gasteiger partial charge in [0.2, 0.25) is 0 Å². The zero-order chi connectivity index (χ0) is 14.7. The molecule has 0 spiro atoms. The van der Waals surface area contributed by atoms with Gasteiger partial charge in [0, 0.05) is 12.2 Å². The zero-order valence-corrected chi connectivity index (χ0v) is 13.0. The minimum atomic E-state index is 0.659. The van der Waals surface area contributed by atoms with Crippen molar-refractivity contribution < 1.29 is 4.74 Å². The zero-order valence-electron chi connectivity index (χ0n) is 12.3. The molecule has 1 N–H and O–H groups in total. The van der Waals surface area contributed by atoms with E-state index in [1.165, 1.54) is 42.5 Å². The van der Waals surface area contributed by atoms with Crippen LogP contribution in [0.2, 0.25) is 5.02 Å². The molecule has 21 heavy (non-hydrogen) atoms. The minimum Gasteiger partial charge on any atom is -0.495 e. The summed E-state index contributed by atoms with van der Waals surface area (Å²) in [6.45, 7) is 0.778. The fourth-order valence-corrected chi connectivity index (χ4v) is 3.24. The largest absolute Gasteiger partial charge is 0.495 e. The molecule has 0 fully saturated rings. The second-order valence-corrected chi connectivity index (χ2v) is 5.88. The van der Waals surface area contributed by atoms with Gasteiger partial charge in [-0.05, 0) is 60.6 Å². The summed E-state index contributed by atoms with van der Waals surface area (Å²) in [6.07, 6.45) is 4.99. The van der Waals surface area contributed by atoms with E-state index in [1.54, 1.807) is 7.11 Å². The van der Waals surface area contributed by atoms with Crippen LogP contribution in [-0.2, 0) is 19.4 Å². The highest BCUT2D eigenvalue weighted by atomic mass is 35.5. The highest BCUT2D eigenvalue weighted by Crippen LogP contribution is 2.29. The van der Waals surface area contributed by atoms with Crippen molar-refractivity contribution in [2.45, 2.75) is 32.2 Å². The molecule has 0 aliphatic heterocycles. The first-order chi connectivity index (χ1) is 10.3. The third-order valence-corrected chi connectivity index (χ3v) is 4.39. The molecule has 3 heteroatoms. The summed E-state index contributed by atoms with van der Waals surface area (Å²) in [5, 5.41) is 4.21. The summed E-state index contributed by atoms with van der Waals surface area (Å²) in [6, 6.07) is 12.5. The number of rotatable bonds is 4. The van der Waals surface area contributed by atoms with Crippen LogP contribution in [0.5, 0.6) is 5.75 Å². The average molecular weight is 302 g/mol. The van der Waals surface area contributed by atoms with E-state index in [1.807, 2.05) is 18.2 Å². The summed E-state index contributed by atoms with van der Waals surface area (Å²) >= 11 is 6.17. The number of hydrogen-bond donors (Lipinski definition) is 1. The van der Waals surface area contributed by atoms with Crippen molar-refractivity contribution in [3.8, 4) is 5.75 Å². The molecule has 110 valence electrons. The Balaban J connectivity index is 1.75. The molecular weight excluding hydrogens is 282 g/mol. The number of halogens is 1. The lowest BCUT2D eigenvalue weighted by Gasteiger charge is -2.20. The topological polar surface area (TPSA) is 21.3 Å². The number of anilines is 1. The van der Waals surface area contributed by atoms with Crippen LogP contribution in [0.3, 0.4) is 0 Å². The molecule has 1 aliphatic rings. The Hall–Kier alpha value is -1.67. The maximum Gasteiger partial charge on any atom is 0.137 e. The molecule has 0 atom stereocenters. The van der Waals surface area contributed by atoms with Gasteiger partial charge in [-0.2, -0.15) is 0 Å². The predicted molar refractivity (Wildman–Crippen MR) is 88.4 cm³/mol. The normalized spacial score (nSPS) is 13.6. The first-order valence-corrected chi connectivity index (χ1v) is 7.83. The van der Waals surface area contributed by atoms with Crippen LogP contribution in [0.4, 0.5) is 5.69 Å². The molecule has 0 saturated carbocycles. The number of ether oxygens (including phenoxy) is 1. The van der Waals surface area contributed by atoms with Gasteiger partial charge in [0.05, 0.1) is 12.1 Å². The van der Waals surface area contributed by atoms with Gasteiger partial charge in [-0.15, -0.1) is 0 Å². The van der Waals surface area contributed by atoms with Gasteiger partial charge in [0.25, 0.3) is 0 Å². The van der Waals surface area contributed by atoms with Crippen LogP contribution in [0, 0.1) is 0 Å². The van der Waals surface area contributed by atoms with Crippen molar-refractivity contribution in [1.29, 1.82) is 0 Å². The van der Waals surface area contributed by atoms with Crippen LogP contribution in [0.1, 0.15) is 29.5 Å². The Labute approximate surface area is 131 Å². The molecular formula is C18H20ClNO. The molecule has 1 aliphatic carbocycles. The Bertz CT molecular complexity index is 639. The van der Waals surface area contributed by atoms with E-state index in [9.17, 15) is 0 Å². The van der Waals surface area contributed by atoms with Gasteiger partial charge < -0.3 is 10.1 Å². The summed E-state index contributed by atoms with van der Waals surface area (Å²) < 4.78 is 5.18. The second-order valence-electron chi connectivity index (χ2n) is 5.47.